The number of fused-ring (bicyclic) bond motifs is 1. The number of carbonyl (C=O) groups is 1. The Balaban J connectivity index is 1.74. The lowest BCUT2D eigenvalue weighted by molar-refractivity contribution is 0.198. The molecule has 1 aliphatic heterocycles. The third-order valence-electron chi connectivity index (χ3n) is 3.12. The SMILES string of the molecule is O=C(NC1CC1)N1Cc2cccc(Br)c2C1. The lowest BCUT2D eigenvalue weighted by Crippen LogP contribution is -2.37. The van der Waals surface area contributed by atoms with Gasteiger partial charge in [-0.1, -0.05) is 28.1 Å². The Hall–Kier alpha value is -1.03. The minimum Gasteiger partial charge on any atom is -0.335 e. The molecular formula is C12H13BrN2O. The maximum atomic E-state index is 11.9. The predicted octanol–water partition coefficient (Wildman–Crippen LogP) is 2.64. The number of amides is 2. The summed E-state index contributed by atoms with van der Waals surface area (Å²) in [6.07, 6.45) is 2.27. The predicted molar refractivity (Wildman–Crippen MR) is 64.9 cm³/mol. The zero-order valence-electron chi connectivity index (χ0n) is 8.87. The summed E-state index contributed by atoms with van der Waals surface area (Å²) < 4.78 is 1.10. The van der Waals surface area contributed by atoms with Crippen LogP contribution in [0.3, 0.4) is 0 Å². The van der Waals surface area contributed by atoms with Crippen LogP contribution in [0.15, 0.2) is 22.7 Å². The van der Waals surface area contributed by atoms with Gasteiger partial charge >= 0.3 is 6.03 Å². The molecule has 2 aliphatic rings. The van der Waals surface area contributed by atoms with Gasteiger partial charge in [0.15, 0.2) is 0 Å². The summed E-state index contributed by atoms with van der Waals surface area (Å²) in [6.45, 7) is 1.45. The van der Waals surface area contributed by atoms with E-state index in [0.717, 1.165) is 30.4 Å². The van der Waals surface area contributed by atoms with E-state index < -0.39 is 0 Å². The molecule has 4 heteroatoms. The molecule has 16 heavy (non-hydrogen) atoms. The molecule has 84 valence electrons. The molecule has 1 heterocycles. The summed E-state index contributed by atoms with van der Waals surface area (Å²) in [5.41, 5.74) is 2.49. The highest BCUT2D eigenvalue weighted by Gasteiger charge is 2.29. The van der Waals surface area contributed by atoms with Crippen molar-refractivity contribution in [1.29, 1.82) is 0 Å². The van der Waals surface area contributed by atoms with Crippen LogP contribution in [0, 0.1) is 0 Å². The highest BCUT2D eigenvalue weighted by Crippen LogP contribution is 2.29. The van der Waals surface area contributed by atoms with Gasteiger partial charge < -0.3 is 10.2 Å². The normalized spacial score (nSPS) is 18.4. The van der Waals surface area contributed by atoms with Gasteiger partial charge in [-0.3, -0.25) is 0 Å². The van der Waals surface area contributed by atoms with Crippen molar-refractivity contribution in [3.05, 3.63) is 33.8 Å². The van der Waals surface area contributed by atoms with E-state index in [1.54, 1.807) is 0 Å². The van der Waals surface area contributed by atoms with Gasteiger partial charge in [0.05, 0.1) is 0 Å². The topological polar surface area (TPSA) is 32.3 Å². The van der Waals surface area contributed by atoms with E-state index in [1.807, 2.05) is 17.0 Å². The van der Waals surface area contributed by atoms with Gasteiger partial charge in [0.2, 0.25) is 0 Å². The van der Waals surface area contributed by atoms with Crippen LogP contribution < -0.4 is 5.32 Å². The molecule has 0 spiro atoms. The molecule has 1 N–H and O–H groups in total. The number of halogens is 1. The average molecular weight is 281 g/mol. The summed E-state index contributed by atoms with van der Waals surface area (Å²) in [4.78, 5) is 13.7. The molecule has 1 saturated carbocycles. The summed E-state index contributed by atoms with van der Waals surface area (Å²) in [5.74, 6) is 0. The second-order valence-electron chi connectivity index (χ2n) is 4.46. The van der Waals surface area contributed by atoms with Gasteiger partial charge in [-0.2, -0.15) is 0 Å². The van der Waals surface area contributed by atoms with Gasteiger partial charge in [0, 0.05) is 23.6 Å². The van der Waals surface area contributed by atoms with Crippen molar-refractivity contribution in [3.63, 3.8) is 0 Å². The third kappa shape index (κ3) is 1.82. The second-order valence-corrected chi connectivity index (χ2v) is 5.31. The average Bonchev–Trinajstić information content (AvgIpc) is 2.95. The third-order valence-corrected chi connectivity index (χ3v) is 3.86. The van der Waals surface area contributed by atoms with Crippen molar-refractivity contribution in [2.24, 2.45) is 0 Å². The number of hydrogen-bond donors (Lipinski definition) is 1. The first-order valence-corrected chi connectivity index (χ1v) is 6.35. The molecule has 0 saturated heterocycles. The number of hydrogen-bond acceptors (Lipinski definition) is 1. The highest BCUT2D eigenvalue weighted by atomic mass is 79.9. The maximum Gasteiger partial charge on any atom is 0.318 e. The Bertz CT molecular complexity index is 443. The first-order valence-electron chi connectivity index (χ1n) is 5.56. The molecule has 0 radical (unpaired) electrons. The summed E-state index contributed by atoms with van der Waals surface area (Å²) >= 11 is 3.53. The monoisotopic (exact) mass is 280 g/mol. The molecule has 1 aromatic rings. The zero-order valence-corrected chi connectivity index (χ0v) is 10.5. The first kappa shape index (κ1) is 10.1. The number of urea groups is 1. The summed E-state index contributed by atoms with van der Waals surface area (Å²) in [6, 6.07) is 6.64. The maximum absolute atomic E-state index is 11.9. The van der Waals surface area contributed by atoms with Crippen LogP contribution in [-0.2, 0) is 13.1 Å². The van der Waals surface area contributed by atoms with E-state index in [9.17, 15) is 4.79 Å². The minimum atomic E-state index is 0.0746. The van der Waals surface area contributed by atoms with E-state index in [4.69, 9.17) is 0 Å². The molecule has 0 bridgehead atoms. The van der Waals surface area contributed by atoms with Crippen LogP contribution in [0.2, 0.25) is 0 Å². The second kappa shape index (κ2) is 3.77. The van der Waals surface area contributed by atoms with E-state index in [-0.39, 0.29) is 6.03 Å². The van der Waals surface area contributed by atoms with E-state index >= 15 is 0 Å². The fourth-order valence-corrected chi connectivity index (χ4v) is 2.55. The minimum absolute atomic E-state index is 0.0746. The van der Waals surface area contributed by atoms with Crippen molar-refractivity contribution >= 4 is 22.0 Å². The smallest absolute Gasteiger partial charge is 0.318 e. The van der Waals surface area contributed by atoms with Crippen LogP contribution in [-0.4, -0.2) is 17.0 Å². The van der Waals surface area contributed by atoms with E-state index in [1.165, 1.54) is 11.1 Å². The van der Waals surface area contributed by atoms with E-state index in [0.29, 0.717) is 6.04 Å². The number of benzene rings is 1. The lowest BCUT2D eigenvalue weighted by Gasteiger charge is -2.15. The van der Waals surface area contributed by atoms with Gasteiger partial charge in [0.1, 0.15) is 0 Å². The molecule has 1 aliphatic carbocycles. The van der Waals surface area contributed by atoms with Crippen LogP contribution in [0.25, 0.3) is 0 Å². The fraction of sp³-hybridized carbons (Fsp3) is 0.417. The summed E-state index contributed by atoms with van der Waals surface area (Å²) in [7, 11) is 0. The molecule has 1 fully saturated rings. The standard InChI is InChI=1S/C12H13BrN2O/c13-11-3-1-2-8-6-15(7-10(8)11)12(16)14-9-4-5-9/h1-3,9H,4-7H2,(H,14,16). The molecule has 0 aromatic heterocycles. The van der Waals surface area contributed by atoms with Crippen molar-refractivity contribution in [1.82, 2.24) is 10.2 Å². The van der Waals surface area contributed by atoms with E-state index in [2.05, 4.69) is 27.3 Å². The van der Waals surface area contributed by atoms with Crippen LogP contribution in [0.5, 0.6) is 0 Å². The number of nitrogens with one attached hydrogen (secondary N) is 1. The Kier molecular flexibility index (Phi) is 2.39. The van der Waals surface area contributed by atoms with Gasteiger partial charge in [-0.05, 0) is 30.0 Å². The molecule has 2 amide bonds. The molecule has 1 aromatic carbocycles. The number of rotatable bonds is 1. The van der Waals surface area contributed by atoms with Crippen molar-refractivity contribution < 1.29 is 4.79 Å². The summed E-state index contributed by atoms with van der Waals surface area (Å²) in [5, 5.41) is 3.02. The van der Waals surface area contributed by atoms with Crippen molar-refractivity contribution in [2.75, 3.05) is 0 Å². The Morgan fingerprint density at radius 3 is 2.88 bits per heavy atom. The van der Waals surface area contributed by atoms with Crippen LogP contribution >= 0.6 is 15.9 Å². The Morgan fingerprint density at radius 2 is 2.19 bits per heavy atom. The highest BCUT2D eigenvalue weighted by molar-refractivity contribution is 9.10. The largest absolute Gasteiger partial charge is 0.335 e. The quantitative estimate of drug-likeness (QED) is 0.843. The first-order chi connectivity index (χ1) is 7.74. The molecule has 3 nitrogen and oxygen atoms in total. The van der Waals surface area contributed by atoms with Crippen LogP contribution in [0.1, 0.15) is 24.0 Å². The number of carbonyl (C=O) groups excluding carboxylic acids is 1. The molecule has 3 rings (SSSR count). The zero-order chi connectivity index (χ0) is 11.1. The molecule has 0 unspecified atom stereocenters. The fourth-order valence-electron chi connectivity index (χ4n) is 2.02. The van der Waals surface area contributed by atoms with Gasteiger partial charge in [-0.25, -0.2) is 4.79 Å². The Labute approximate surface area is 103 Å². The van der Waals surface area contributed by atoms with Gasteiger partial charge in [0.25, 0.3) is 0 Å². The lowest BCUT2D eigenvalue weighted by atomic mass is 10.1. The molecular weight excluding hydrogens is 268 g/mol. The number of nitrogens with zero attached hydrogens (tertiary/aromatic N) is 1. The molecule has 0 atom stereocenters. The van der Waals surface area contributed by atoms with Crippen molar-refractivity contribution in [3.8, 4) is 0 Å². The van der Waals surface area contributed by atoms with Gasteiger partial charge in [-0.15, -0.1) is 0 Å². The van der Waals surface area contributed by atoms with Crippen molar-refractivity contribution in [2.45, 2.75) is 32.0 Å². The Morgan fingerprint density at radius 1 is 1.38 bits per heavy atom. The van der Waals surface area contributed by atoms with Crippen LogP contribution in [0.4, 0.5) is 4.79 Å².